The highest BCUT2D eigenvalue weighted by Gasteiger charge is 2.31. The highest BCUT2D eigenvalue weighted by molar-refractivity contribution is 5.51. The smallest absolute Gasteiger partial charge is 0.162 e. The third kappa shape index (κ3) is 6.15. The van der Waals surface area contributed by atoms with Gasteiger partial charge in [0.05, 0.1) is 12.7 Å². The van der Waals surface area contributed by atoms with Crippen LogP contribution in [-0.2, 0) is 4.74 Å². The molecule has 37 heavy (non-hydrogen) atoms. The van der Waals surface area contributed by atoms with Crippen LogP contribution in [0.25, 0.3) is 6.08 Å². The first-order chi connectivity index (χ1) is 17.9. The maximum absolute atomic E-state index is 15.2. The summed E-state index contributed by atoms with van der Waals surface area (Å²) in [4.78, 5) is 0. The fraction of sp³-hybridized carbons (Fsp3) is 0.562. The quantitative estimate of drug-likeness (QED) is 0.359. The number of aliphatic hydroxyl groups is 1. The lowest BCUT2D eigenvalue weighted by Crippen LogP contribution is -2.25. The van der Waals surface area contributed by atoms with Crippen LogP contribution in [0, 0.1) is 29.3 Å². The summed E-state index contributed by atoms with van der Waals surface area (Å²) >= 11 is 0. The zero-order chi connectivity index (χ0) is 25.9. The molecular weight excluding hydrogens is 473 g/mol. The Hall–Kier alpha value is -2.11. The summed E-state index contributed by atoms with van der Waals surface area (Å²) < 4.78 is 49.9. The average Bonchev–Trinajstić information content (AvgIpc) is 3.75. The Balaban J connectivity index is 1.16. The average molecular weight is 513 g/mol. The second-order valence-corrected chi connectivity index (χ2v) is 11.4. The van der Waals surface area contributed by atoms with E-state index >= 15 is 8.78 Å². The lowest BCUT2D eigenvalue weighted by atomic mass is 9.74. The van der Waals surface area contributed by atoms with Gasteiger partial charge in [0.1, 0.15) is 11.9 Å². The molecule has 0 amide bonds. The van der Waals surface area contributed by atoms with E-state index in [0.717, 1.165) is 69.8 Å². The van der Waals surface area contributed by atoms with Gasteiger partial charge in [-0.3, -0.25) is 0 Å². The molecular formula is C32H39F3O2. The maximum Gasteiger partial charge on any atom is 0.162 e. The predicted molar refractivity (Wildman–Crippen MR) is 141 cm³/mol. The van der Waals surface area contributed by atoms with E-state index in [1.807, 2.05) is 24.3 Å². The molecule has 2 atom stereocenters. The largest absolute Gasteiger partial charge is 0.393 e. The van der Waals surface area contributed by atoms with Crippen molar-refractivity contribution in [1.29, 1.82) is 0 Å². The second kappa shape index (κ2) is 11.7. The number of epoxide rings is 1. The summed E-state index contributed by atoms with van der Waals surface area (Å²) in [5.74, 6) is -0.858. The Labute approximate surface area is 218 Å². The lowest BCUT2D eigenvalue weighted by molar-refractivity contribution is 0.0727. The van der Waals surface area contributed by atoms with E-state index in [2.05, 4.69) is 13.0 Å². The molecule has 5 rings (SSSR count). The Morgan fingerprint density at radius 2 is 1.43 bits per heavy atom. The number of allylic oxidation sites excluding steroid dienone is 1. The number of aliphatic hydroxyl groups excluding tert-OH is 1. The molecule has 200 valence electrons. The van der Waals surface area contributed by atoms with E-state index in [-0.39, 0.29) is 35.8 Å². The summed E-state index contributed by atoms with van der Waals surface area (Å²) in [5, 5.41) is 10.3. The minimum atomic E-state index is -0.667. The first-order valence-corrected chi connectivity index (χ1v) is 14.2. The zero-order valence-electron chi connectivity index (χ0n) is 21.8. The van der Waals surface area contributed by atoms with Gasteiger partial charge in [0.25, 0.3) is 0 Å². The molecule has 2 aromatic rings. The monoisotopic (exact) mass is 512 g/mol. The van der Waals surface area contributed by atoms with E-state index in [1.54, 1.807) is 12.1 Å². The molecule has 2 aromatic carbocycles. The molecule has 2 unspecified atom stereocenters. The van der Waals surface area contributed by atoms with Crippen molar-refractivity contribution in [3.8, 4) is 0 Å². The molecule has 1 N–H and O–H groups in total. The molecule has 2 nitrogen and oxygen atoms in total. The van der Waals surface area contributed by atoms with Crippen LogP contribution in [0.2, 0.25) is 0 Å². The highest BCUT2D eigenvalue weighted by Crippen LogP contribution is 2.42. The molecule has 0 spiro atoms. The summed E-state index contributed by atoms with van der Waals surface area (Å²) in [5.41, 5.74) is 2.47. The molecule has 1 aliphatic heterocycles. The number of benzene rings is 2. The van der Waals surface area contributed by atoms with E-state index in [0.29, 0.717) is 29.2 Å². The van der Waals surface area contributed by atoms with Gasteiger partial charge in [-0.15, -0.1) is 0 Å². The van der Waals surface area contributed by atoms with Crippen LogP contribution in [-0.4, -0.2) is 17.8 Å². The molecule has 5 heteroatoms. The molecule has 1 heterocycles. The van der Waals surface area contributed by atoms with Crippen molar-refractivity contribution < 1.29 is 23.0 Å². The van der Waals surface area contributed by atoms with Crippen LogP contribution < -0.4 is 0 Å². The molecule has 0 bridgehead atoms. The van der Waals surface area contributed by atoms with Gasteiger partial charge in [0, 0.05) is 5.56 Å². The van der Waals surface area contributed by atoms with E-state index in [1.165, 1.54) is 0 Å². The fourth-order valence-electron chi connectivity index (χ4n) is 6.56. The molecule has 0 radical (unpaired) electrons. The van der Waals surface area contributed by atoms with Gasteiger partial charge >= 0.3 is 0 Å². The van der Waals surface area contributed by atoms with Crippen LogP contribution in [0.1, 0.15) is 111 Å². The van der Waals surface area contributed by atoms with Gasteiger partial charge < -0.3 is 9.84 Å². The van der Waals surface area contributed by atoms with E-state index in [9.17, 15) is 9.50 Å². The number of halogens is 3. The van der Waals surface area contributed by atoms with Gasteiger partial charge in [-0.1, -0.05) is 49.8 Å². The van der Waals surface area contributed by atoms with Crippen molar-refractivity contribution in [2.45, 2.75) is 95.2 Å². The molecule has 1 saturated heterocycles. The van der Waals surface area contributed by atoms with Crippen LogP contribution in [0.5, 0.6) is 0 Å². The first kappa shape index (κ1) is 26.5. The van der Waals surface area contributed by atoms with Gasteiger partial charge in [-0.05, 0) is 104 Å². The predicted octanol–water partition coefficient (Wildman–Crippen LogP) is 8.60. The topological polar surface area (TPSA) is 32.8 Å². The second-order valence-electron chi connectivity index (χ2n) is 11.4. The summed E-state index contributed by atoms with van der Waals surface area (Å²) in [6, 6.07) is 8.91. The Morgan fingerprint density at radius 1 is 0.865 bits per heavy atom. The minimum Gasteiger partial charge on any atom is -0.393 e. The van der Waals surface area contributed by atoms with E-state index < -0.39 is 11.6 Å². The van der Waals surface area contributed by atoms with Crippen LogP contribution in [0.3, 0.4) is 0 Å². The number of ether oxygens (including phenoxy) is 1. The standard InChI is InChI=1S/C32H39F3O2/c1-2-3-29(36)24-13-11-23(12-14-24)26-17-16-25(31(34)32(26)35)22-9-6-20(7-10-22)4-5-21-8-15-27(28(33)18-21)30-19-37-30/h4-5,8,15-18,20,22-24,29-30,36H,2-3,6-7,9-14,19H2,1H3/b5-4+. The van der Waals surface area contributed by atoms with Gasteiger partial charge in [0.15, 0.2) is 11.6 Å². The third-order valence-corrected chi connectivity index (χ3v) is 8.96. The van der Waals surface area contributed by atoms with Gasteiger partial charge in [-0.2, -0.15) is 0 Å². The zero-order valence-corrected chi connectivity index (χ0v) is 21.8. The van der Waals surface area contributed by atoms with Crippen molar-refractivity contribution in [1.82, 2.24) is 0 Å². The van der Waals surface area contributed by atoms with Crippen LogP contribution in [0.4, 0.5) is 13.2 Å². The number of hydrogen-bond donors (Lipinski definition) is 1. The van der Waals surface area contributed by atoms with Crippen molar-refractivity contribution in [3.05, 3.63) is 76.1 Å². The fourth-order valence-corrected chi connectivity index (χ4v) is 6.56. The van der Waals surface area contributed by atoms with Crippen molar-refractivity contribution in [2.75, 3.05) is 6.61 Å². The summed E-state index contributed by atoms with van der Waals surface area (Å²) in [7, 11) is 0. The van der Waals surface area contributed by atoms with Crippen LogP contribution >= 0.6 is 0 Å². The van der Waals surface area contributed by atoms with Crippen molar-refractivity contribution in [2.24, 2.45) is 11.8 Å². The summed E-state index contributed by atoms with van der Waals surface area (Å²) in [6.07, 6.45) is 12.3. The number of hydrogen-bond acceptors (Lipinski definition) is 2. The summed E-state index contributed by atoms with van der Waals surface area (Å²) in [6.45, 7) is 2.67. The Morgan fingerprint density at radius 3 is 1.97 bits per heavy atom. The normalized spacial score (nSPS) is 28.9. The molecule has 2 aliphatic carbocycles. The minimum absolute atomic E-state index is 0.0309. The third-order valence-electron chi connectivity index (χ3n) is 8.96. The molecule has 3 aliphatic rings. The Bertz CT molecular complexity index is 1090. The van der Waals surface area contributed by atoms with Crippen molar-refractivity contribution in [3.63, 3.8) is 0 Å². The lowest BCUT2D eigenvalue weighted by Gasteiger charge is -2.32. The number of rotatable bonds is 8. The van der Waals surface area contributed by atoms with Crippen molar-refractivity contribution >= 4 is 6.08 Å². The molecule has 0 aromatic heterocycles. The van der Waals surface area contributed by atoms with E-state index in [4.69, 9.17) is 4.74 Å². The molecule has 2 saturated carbocycles. The molecule has 3 fully saturated rings. The van der Waals surface area contributed by atoms with Gasteiger partial charge in [-0.25, -0.2) is 13.2 Å². The first-order valence-electron chi connectivity index (χ1n) is 14.2. The maximum atomic E-state index is 15.2. The van der Waals surface area contributed by atoms with Crippen LogP contribution in [0.15, 0.2) is 36.4 Å². The SMILES string of the molecule is CCCC(O)C1CCC(c2ccc(C3CCC(/C=C/c4ccc(C5CO5)c(F)c4)CC3)c(F)c2F)CC1. The van der Waals surface area contributed by atoms with Gasteiger partial charge in [0.2, 0.25) is 0 Å². The highest BCUT2D eigenvalue weighted by atomic mass is 19.2. The Kier molecular flexibility index (Phi) is 8.40.